The Morgan fingerprint density at radius 1 is 1.53 bits per heavy atom. The molecule has 0 aromatic heterocycles. The van der Waals surface area contributed by atoms with Crippen molar-refractivity contribution >= 4 is 5.91 Å². The fraction of sp³-hybridized carbons (Fsp3) is 0.923. The van der Waals surface area contributed by atoms with Crippen molar-refractivity contribution in [2.45, 2.75) is 52.1 Å². The number of ether oxygens (including phenoxy) is 1. The minimum atomic E-state index is -0.390. The molecule has 1 fully saturated rings. The third kappa shape index (κ3) is 3.96. The highest BCUT2D eigenvalue weighted by Gasteiger charge is 2.37. The summed E-state index contributed by atoms with van der Waals surface area (Å²) in [5, 5.41) is 6.39. The Morgan fingerprint density at radius 3 is 2.71 bits per heavy atom. The van der Waals surface area contributed by atoms with Crippen molar-refractivity contribution in [2.24, 2.45) is 5.92 Å². The predicted octanol–water partition coefficient (Wildman–Crippen LogP) is 1.31. The molecule has 1 heterocycles. The lowest BCUT2D eigenvalue weighted by atomic mass is 9.97. The van der Waals surface area contributed by atoms with Gasteiger partial charge in [-0.3, -0.25) is 4.79 Å². The molecule has 0 bridgehead atoms. The molecule has 1 amide bonds. The van der Waals surface area contributed by atoms with Crippen LogP contribution in [0.1, 0.15) is 40.5 Å². The molecule has 1 aliphatic rings. The van der Waals surface area contributed by atoms with Gasteiger partial charge in [0.15, 0.2) is 0 Å². The lowest BCUT2D eigenvalue weighted by molar-refractivity contribution is -0.128. The second kappa shape index (κ2) is 6.36. The third-order valence-corrected chi connectivity index (χ3v) is 3.49. The Labute approximate surface area is 104 Å². The summed E-state index contributed by atoms with van der Waals surface area (Å²) in [4.78, 5) is 12.2. The predicted molar refractivity (Wildman–Crippen MR) is 68.9 cm³/mol. The molecule has 0 radical (unpaired) electrons. The Morgan fingerprint density at radius 2 is 2.24 bits per heavy atom. The average molecular weight is 242 g/mol. The van der Waals surface area contributed by atoms with Gasteiger partial charge in [-0.1, -0.05) is 13.8 Å². The minimum Gasteiger partial charge on any atom is -0.380 e. The molecule has 17 heavy (non-hydrogen) atoms. The Bertz CT molecular complexity index is 248. The van der Waals surface area contributed by atoms with E-state index in [4.69, 9.17) is 4.74 Å². The van der Waals surface area contributed by atoms with Crippen LogP contribution in [-0.2, 0) is 9.53 Å². The van der Waals surface area contributed by atoms with Gasteiger partial charge in [0.1, 0.15) is 0 Å². The van der Waals surface area contributed by atoms with Crippen molar-refractivity contribution < 1.29 is 9.53 Å². The highest BCUT2D eigenvalue weighted by atomic mass is 16.5. The van der Waals surface area contributed by atoms with Gasteiger partial charge >= 0.3 is 0 Å². The maximum atomic E-state index is 12.2. The number of rotatable bonds is 6. The van der Waals surface area contributed by atoms with Crippen LogP contribution in [0.25, 0.3) is 0 Å². The monoisotopic (exact) mass is 242 g/mol. The highest BCUT2D eigenvalue weighted by molar-refractivity contribution is 5.86. The maximum Gasteiger partial charge on any atom is 0.240 e. The molecular weight excluding hydrogens is 216 g/mol. The molecule has 0 aromatic carbocycles. The molecular formula is C13H26N2O2. The van der Waals surface area contributed by atoms with Crippen LogP contribution in [0.4, 0.5) is 0 Å². The summed E-state index contributed by atoms with van der Waals surface area (Å²) in [5.41, 5.74) is -0.390. The first-order valence-corrected chi connectivity index (χ1v) is 6.63. The van der Waals surface area contributed by atoms with Gasteiger partial charge in [-0.15, -0.1) is 0 Å². The van der Waals surface area contributed by atoms with Crippen molar-refractivity contribution in [3.8, 4) is 0 Å². The summed E-state index contributed by atoms with van der Waals surface area (Å²) in [6, 6.07) is 0.0988. The molecule has 0 aliphatic carbocycles. The average Bonchev–Trinajstić information content (AvgIpc) is 2.72. The first kappa shape index (κ1) is 14.5. The van der Waals surface area contributed by atoms with E-state index in [0.717, 1.165) is 19.4 Å². The van der Waals surface area contributed by atoms with Crippen LogP contribution in [0, 0.1) is 5.92 Å². The van der Waals surface area contributed by atoms with Gasteiger partial charge in [0.05, 0.1) is 18.2 Å². The molecule has 1 saturated heterocycles. The summed E-state index contributed by atoms with van der Waals surface area (Å²) in [7, 11) is 0. The standard InChI is InChI=1S/C13H26N2O2/c1-5-17-9-11(10(2)3)15-12(16)13(4)7-6-8-14-13/h10-11,14H,5-9H2,1-4H3,(H,15,16). The van der Waals surface area contributed by atoms with Gasteiger partial charge in [0, 0.05) is 6.61 Å². The normalized spacial score (nSPS) is 26.2. The van der Waals surface area contributed by atoms with Gasteiger partial charge in [-0.2, -0.15) is 0 Å². The quantitative estimate of drug-likeness (QED) is 0.738. The van der Waals surface area contributed by atoms with Crippen LogP contribution in [-0.4, -0.2) is 37.2 Å². The van der Waals surface area contributed by atoms with E-state index in [1.54, 1.807) is 0 Å². The number of carbonyl (C=O) groups excluding carboxylic acids is 1. The Hall–Kier alpha value is -0.610. The maximum absolute atomic E-state index is 12.2. The summed E-state index contributed by atoms with van der Waals surface area (Å²) >= 11 is 0. The molecule has 2 N–H and O–H groups in total. The summed E-state index contributed by atoms with van der Waals surface area (Å²) < 4.78 is 5.42. The van der Waals surface area contributed by atoms with Gasteiger partial charge in [0.25, 0.3) is 0 Å². The number of hydrogen-bond acceptors (Lipinski definition) is 3. The fourth-order valence-electron chi connectivity index (χ4n) is 2.06. The van der Waals surface area contributed by atoms with E-state index >= 15 is 0 Å². The Kier molecular flexibility index (Phi) is 5.40. The van der Waals surface area contributed by atoms with Crippen LogP contribution >= 0.6 is 0 Å². The smallest absolute Gasteiger partial charge is 0.240 e. The number of carbonyl (C=O) groups is 1. The van der Waals surface area contributed by atoms with Crippen LogP contribution in [0.2, 0.25) is 0 Å². The Balaban J connectivity index is 2.51. The first-order chi connectivity index (χ1) is 7.99. The van der Waals surface area contributed by atoms with E-state index in [1.165, 1.54) is 0 Å². The van der Waals surface area contributed by atoms with Crippen molar-refractivity contribution in [2.75, 3.05) is 19.8 Å². The summed E-state index contributed by atoms with van der Waals surface area (Å²) in [6.07, 6.45) is 1.99. The van der Waals surface area contributed by atoms with Crippen LogP contribution < -0.4 is 10.6 Å². The zero-order chi connectivity index (χ0) is 12.9. The van der Waals surface area contributed by atoms with Crippen LogP contribution in [0.3, 0.4) is 0 Å². The number of hydrogen-bond donors (Lipinski definition) is 2. The zero-order valence-corrected chi connectivity index (χ0v) is 11.5. The van der Waals surface area contributed by atoms with E-state index in [0.29, 0.717) is 19.1 Å². The first-order valence-electron chi connectivity index (χ1n) is 6.63. The molecule has 100 valence electrons. The zero-order valence-electron chi connectivity index (χ0n) is 11.5. The lowest BCUT2D eigenvalue weighted by Crippen LogP contribution is -2.55. The number of nitrogens with one attached hydrogen (secondary N) is 2. The molecule has 0 aromatic rings. The minimum absolute atomic E-state index is 0.0988. The number of amides is 1. The molecule has 0 saturated carbocycles. The largest absolute Gasteiger partial charge is 0.380 e. The topological polar surface area (TPSA) is 50.4 Å². The van der Waals surface area contributed by atoms with E-state index < -0.39 is 0 Å². The van der Waals surface area contributed by atoms with Crippen LogP contribution in [0.15, 0.2) is 0 Å². The highest BCUT2D eigenvalue weighted by Crippen LogP contribution is 2.19. The van der Waals surface area contributed by atoms with Crippen molar-refractivity contribution in [3.63, 3.8) is 0 Å². The second-order valence-corrected chi connectivity index (χ2v) is 5.35. The van der Waals surface area contributed by atoms with Crippen molar-refractivity contribution in [1.29, 1.82) is 0 Å². The molecule has 1 aliphatic heterocycles. The molecule has 2 atom stereocenters. The van der Waals surface area contributed by atoms with Crippen molar-refractivity contribution in [1.82, 2.24) is 10.6 Å². The lowest BCUT2D eigenvalue weighted by Gasteiger charge is -2.29. The third-order valence-electron chi connectivity index (χ3n) is 3.49. The van der Waals surface area contributed by atoms with E-state index in [1.807, 2.05) is 13.8 Å². The second-order valence-electron chi connectivity index (χ2n) is 5.35. The molecule has 1 rings (SSSR count). The van der Waals surface area contributed by atoms with Gasteiger partial charge in [-0.05, 0) is 39.2 Å². The SMILES string of the molecule is CCOCC(NC(=O)C1(C)CCCN1)C(C)C. The van der Waals surface area contributed by atoms with E-state index in [2.05, 4.69) is 24.5 Å². The van der Waals surface area contributed by atoms with Crippen molar-refractivity contribution in [3.05, 3.63) is 0 Å². The summed E-state index contributed by atoms with van der Waals surface area (Å²) in [5.74, 6) is 0.490. The van der Waals surface area contributed by atoms with E-state index in [-0.39, 0.29) is 17.5 Å². The van der Waals surface area contributed by atoms with Gasteiger partial charge in [0.2, 0.25) is 5.91 Å². The molecule has 0 spiro atoms. The fourth-order valence-corrected chi connectivity index (χ4v) is 2.06. The molecule has 2 unspecified atom stereocenters. The summed E-state index contributed by atoms with van der Waals surface area (Å²) in [6.45, 7) is 10.4. The molecule has 4 nitrogen and oxygen atoms in total. The van der Waals surface area contributed by atoms with Crippen LogP contribution in [0.5, 0.6) is 0 Å². The van der Waals surface area contributed by atoms with E-state index in [9.17, 15) is 4.79 Å². The van der Waals surface area contributed by atoms with Gasteiger partial charge in [-0.25, -0.2) is 0 Å². The molecule has 4 heteroatoms. The van der Waals surface area contributed by atoms with Gasteiger partial charge < -0.3 is 15.4 Å².